The predicted molar refractivity (Wildman–Crippen MR) is 70.6 cm³/mol. The van der Waals surface area contributed by atoms with E-state index in [0.29, 0.717) is 12.1 Å². The molecule has 0 spiro atoms. The third kappa shape index (κ3) is 4.46. The van der Waals surface area contributed by atoms with Crippen molar-refractivity contribution in [3.05, 3.63) is 0 Å². The summed E-state index contributed by atoms with van der Waals surface area (Å²) in [5.74, 6) is 0. The van der Waals surface area contributed by atoms with Crippen molar-refractivity contribution in [2.45, 2.75) is 63.8 Å². The maximum atomic E-state index is 11.6. The van der Waals surface area contributed by atoms with E-state index < -0.39 is 5.60 Å². The smallest absolute Gasteiger partial charge is 0.407 e. The van der Waals surface area contributed by atoms with Gasteiger partial charge in [0.1, 0.15) is 5.60 Å². The van der Waals surface area contributed by atoms with Crippen LogP contribution in [0.4, 0.5) is 4.79 Å². The molecule has 2 aliphatic rings. The number of amides is 1. The Hall–Kier alpha value is -0.810. The zero-order valence-electron chi connectivity index (χ0n) is 11.6. The fraction of sp³-hybridized carbons (Fsp3) is 0.923. The summed E-state index contributed by atoms with van der Waals surface area (Å²) < 4.78 is 5.24. The molecule has 1 heterocycles. The van der Waals surface area contributed by atoms with E-state index in [1.165, 1.54) is 12.8 Å². The maximum Gasteiger partial charge on any atom is 0.407 e. The summed E-state index contributed by atoms with van der Waals surface area (Å²) in [6.07, 6.45) is 3.07. The molecule has 2 fully saturated rings. The van der Waals surface area contributed by atoms with Crippen molar-refractivity contribution in [1.29, 1.82) is 0 Å². The molecule has 104 valence electrons. The Bertz CT molecular complexity index is 295. The Morgan fingerprint density at radius 1 is 1.22 bits per heavy atom. The molecule has 0 aromatic rings. The summed E-state index contributed by atoms with van der Waals surface area (Å²) in [5, 5.41) is 9.86. The van der Waals surface area contributed by atoms with Gasteiger partial charge in [0.25, 0.3) is 0 Å². The van der Waals surface area contributed by atoms with Gasteiger partial charge in [-0.15, -0.1) is 0 Å². The van der Waals surface area contributed by atoms with Gasteiger partial charge in [0, 0.05) is 18.1 Å². The molecule has 0 aromatic heterocycles. The summed E-state index contributed by atoms with van der Waals surface area (Å²) >= 11 is 0. The van der Waals surface area contributed by atoms with E-state index in [9.17, 15) is 4.79 Å². The highest BCUT2D eigenvalue weighted by Gasteiger charge is 2.40. The highest BCUT2D eigenvalue weighted by molar-refractivity contribution is 5.68. The van der Waals surface area contributed by atoms with Crippen LogP contribution in [0.25, 0.3) is 0 Å². The van der Waals surface area contributed by atoms with Crippen LogP contribution in [0, 0.1) is 0 Å². The minimum atomic E-state index is -0.420. The van der Waals surface area contributed by atoms with Crippen molar-refractivity contribution >= 4 is 6.09 Å². The van der Waals surface area contributed by atoms with Crippen molar-refractivity contribution < 1.29 is 9.53 Å². The lowest BCUT2D eigenvalue weighted by Gasteiger charge is -2.24. The van der Waals surface area contributed by atoms with Crippen molar-refractivity contribution in [2.75, 3.05) is 13.1 Å². The van der Waals surface area contributed by atoms with Gasteiger partial charge in [0.05, 0.1) is 0 Å². The lowest BCUT2D eigenvalue weighted by Crippen LogP contribution is -2.43. The molecule has 1 amide bonds. The first kappa shape index (κ1) is 13.6. The van der Waals surface area contributed by atoms with Gasteiger partial charge in [0.15, 0.2) is 0 Å². The Kier molecular flexibility index (Phi) is 4.12. The minimum absolute atomic E-state index is 0.245. The third-order valence-corrected chi connectivity index (χ3v) is 3.28. The summed E-state index contributed by atoms with van der Waals surface area (Å²) in [7, 11) is 0. The van der Waals surface area contributed by atoms with Crippen molar-refractivity contribution in [2.24, 2.45) is 0 Å². The lowest BCUT2D eigenvalue weighted by molar-refractivity contribution is 0.0521. The zero-order chi connectivity index (χ0) is 13.2. The Morgan fingerprint density at radius 3 is 2.50 bits per heavy atom. The van der Waals surface area contributed by atoms with Crippen LogP contribution in [0.2, 0.25) is 0 Å². The number of alkyl carbamates (subject to hydrolysis) is 1. The van der Waals surface area contributed by atoms with Gasteiger partial charge >= 0.3 is 6.09 Å². The van der Waals surface area contributed by atoms with E-state index in [2.05, 4.69) is 16.0 Å². The second kappa shape index (κ2) is 5.45. The van der Waals surface area contributed by atoms with Gasteiger partial charge in [-0.25, -0.2) is 4.79 Å². The van der Waals surface area contributed by atoms with Gasteiger partial charge in [-0.1, -0.05) is 0 Å². The van der Waals surface area contributed by atoms with Crippen molar-refractivity contribution in [3.63, 3.8) is 0 Å². The van der Waals surface area contributed by atoms with E-state index in [4.69, 9.17) is 4.74 Å². The van der Waals surface area contributed by atoms with Gasteiger partial charge in [0.2, 0.25) is 0 Å². The summed E-state index contributed by atoms with van der Waals surface area (Å²) in [6, 6.07) is 1.28. The summed E-state index contributed by atoms with van der Waals surface area (Å²) in [5.41, 5.74) is -0.420. The van der Waals surface area contributed by atoms with Gasteiger partial charge in [-0.3, -0.25) is 0 Å². The van der Waals surface area contributed by atoms with Gasteiger partial charge in [-0.2, -0.15) is 0 Å². The van der Waals surface area contributed by atoms with Crippen molar-refractivity contribution in [3.8, 4) is 0 Å². The zero-order valence-corrected chi connectivity index (χ0v) is 11.6. The minimum Gasteiger partial charge on any atom is -0.444 e. The predicted octanol–water partition coefficient (Wildman–Crippen LogP) is 0.994. The molecule has 1 aliphatic carbocycles. The first-order valence-corrected chi connectivity index (χ1v) is 6.90. The Labute approximate surface area is 109 Å². The van der Waals surface area contributed by atoms with E-state index in [-0.39, 0.29) is 12.1 Å². The molecule has 5 nitrogen and oxygen atoms in total. The van der Waals surface area contributed by atoms with Crippen LogP contribution in [0.15, 0.2) is 0 Å². The molecule has 0 aromatic carbocycles. The first-order chi connectivity index (χ1) is 8.44. The van der Waals surface area contributed by atoms with Crippen LogP contribution in [0.5, 0.6) is 0 Å². The maximum absolute atomic E-state index is 11.6. The molecule has 2 rings (SSSR count). The first-order valence-electron chi connectivity index (χ1n) is 6.90. The van der Waals surface area contributed by atoms with E-state index in [1.54, 1.807) is 0 Å². The quantitative estimate of drug-likeness (QED) is 0.704. The second-order valence-electron chi connectivity index (χ2n) is 6.29. The molecule has 1 saturated carbocycles. The number of nitrogens with one attached hydrogen (secondary N) is 3. The molecule has 2 atom stereocenters. The molecular weight excluding hydrogens is 230 g/mol. The van der Waals surface area contributed by atoms with E-state index >= 15 is 0 Å². The largest absolute Gasteiger partial charge is 0.444 e. The Morgan fingerprint density at radius 2 is 1.89 bits per heavy atom. The van der Waals surface area contributed by atoms with Gasteiger partial charge in [-0.05, 0) is 53.1 Å². The van der Waals surface area contributed by atoms with Crippen LogP contribution < -0.4 is 16.0 Å². The molecule has 1 aliphatic heterocycles. The molecule has 5 heteroatoms. The number of carbonyl (C=O) groups excluding carboxylic acids is 1. The molecule has 18 heavy (non-hydrogen) atoms. The molecule has 2 unspecified atom stereocenters. The highest BCUT2D eigenvalue weighted by atomic mass is 16.6. The average molecular weight is 255 g/mol. The summed E-state index contributed by atoms with van der Waals surface area (Å²) in [6.45, 7) is 7.82. The normalized spacial score (nSPS) is 28.8. The highest BCUT2D eigenvalue weighted by Crippen LogP contribution is 2.23. The molecule has 3 N–H and O–H groups in total. The van der Waals surface area contributed by atoms with Crippen LogP contribution in [0.3, 0.4) is 0 Å². The SMILES string of the molecule is CC(C)(C)OC(=O)NC1CC1NC1CCNCC1. The average Bonchev–Trinajstić information content (AvgIpc) is 2.94. The number of hydrogen-bond donors (Lipinski definition) is 3. The number of hydrogen-bond acceptors (Lipinski definition) is 4. The molecular formula is C13H25N3O2. The van der Waals surface area contributed by atoms with Crippen LogP contribution in [0.1, 0.15) is 40.0 Å². The topological polar surface area (TPSA) is 62.4 Å². The van der Waals surface area contributed by atoms with Crippen LogP contribution in [-0.2, 0) is 4.74 Å². The monoisotopic (exact) mass is 255 g/mol. The van der Waals surface area contributed by atoms with Crippen molar-refractivity contribution in [1.82, 2.24) is 16.0 Å². The van der Waals surface area contributed by atoms with Gasteiger partial charge < -0.3 is 20.7 Å². The number of rotatable bonds is 3. The number of carbonyl (C=O) groups is 1. The summed E-state index contributed by atoms with van der Waals surface area (Å²) in [4.78, 5) is 11.6. The molecule has 0 bridgehead atoms. The molecule has 0 radical (unpaired) electrons. The van der Waals surface area contributed by atoms with E-state index in [0.717, 1.165) is 19.5 Å². The fourth-order valence-corrected chi connectivity index (χ4v) is 2.29. The second-order valence-corrected chi connectivity index (χ2v) is 6.29. The Balaban J connectivity index is 1.63. The van der Waals surface area contributed by atoms with Crippen LogP contribution in [-0.4, -0.2) is 42.9 Å². The standard InChI is InChI=1S/C13H25N3O2/c1-13(2,3)18-12(17)16-11-8-10(11)15-9-4-6-14-7-5-9/h9-11,14-15H,4-8H2,1-3H3,(H,16,17). The fourth-order valence-electron chi connectivity index (χ4n) is 2.29. The van der Waals surface area contributed by atoms with E-state index in [1.807, 2.05) is 20.8 Å². The number of ether oxygens (including phenoxy) is 1. The third-order valence-electron chi connectivity index (χ3n) is 3.28. The number of piperidine rings is 1. The lowest BCUT2D eigenvalue weighted by atomic mass is 10.1. The van der Waals surface area contributed by atoms with Crippen LogP contribution >= 0.6 is 0 Å². The molecule has 1 saturated heterocycles.